The quantitative estimate of drug-likeness (QED) is 0.910. The van der Waals surface area contributed by atoms with Crippen molar-refractivity contribution in [1.82, 2.24) is 5.32 Å². The molecule has 0 radical (unpaired) electrons. The molecule has 2 atom stereocenters. The number of sulfone groups is 1. The second-order valence-electron chi connectivity index (χ2n) is 4.78. The summed E-state index contributed by atoms with van der Waals surface area (Å²) in [7, 11) is -2.77. The Morgan fingerprint density at radius 1 is 1.56 bits per heavy atom. The van der Waals surface area contributed by atoms with Crippen LogP contribution in [0.4, 0.5) is 0 Å². The van der Waals surface area contributed by atoms with Crippen molar-refractivity contribution < 1.29 is 8.42 Å². The number of hydrogen-bond donors (Lipinski definition) is 1. The zero-order valence-electron chi connectivity index (χ0n) is 10.4. The molecule has 3 nitrogen and oxygen atoms in total. The third-order valence-electron chi connectivity index (χ3n) is 3.33. The molecule has 0 aromatic carbocycles. The van der Waals surface area contributed by atoms with Gasteiger partial charge in [-0.1, -0.05) is 18.5 Å². The summed E-state index contributed by atoms with van der Waals surface area (Å²) in [6, 6.07) is 4.23. The Balaban J connectivity index is 1.88. The summed E-state index contributed by atoms with van der Waals surface area (Å²) in [5, 5.41) is 3.47. The van der Waals surface area contributed by atoms with Gasteiger partial charge >= 0.3 is 0 Å². The first-order valence-corrected chi connectivity index (χ1v) is 9.21. The fourth-order valence-corrected chi connectivity index (χ4v) is 5.39. The van der Waals surface area contributed by atoms with Gasteiger partial charge in [0.15, 0.2) is 9.84 Å². The van der Waals surface area contributed by atoms with Crippen LogP contribution in [0.2, 0.25) is 4.34 Å². The number of halogens is 1. The van der Waals surface area contributed by atoms with Crippen molar-refractivity contribution in [2.45, 2.75) is 25.8 Å². The minimum atomic E-state index is -2.77. The molecule has 18 heavy (non-hydrogen) atoms. The Morgan fingerprint density at radius 2 is 2.33 bits per heavy atom. The standard InChI is InChI=1S/C12H18ClNO2S2/c1-2-10(11-3-4-12(13)17-11)14-7-9-5-6-18(15,16)8-9/h3-4,9-10,14H,2,5-8H2,1H3. The van der Waals surface area contributed by atoms with E-state index in [1.54, 1.807) is 11.3 Å². The number of hydrogen-bond acceptors (Lipinski definition) is 4. The third-order valence-corrected chi connectivity index (χ3v) is 6.51. The predicted molar refractivity (Wildman–Crippen MR) is 77.1 cm³/mol. The highest BCUT2D eigenvalue weighted by atomic mass is 35.5. The first-order chi connectivity index (χ1) is 8.50. The molecule has 102 valence electrons. The fraction of sp³-hybridized carbons (Fsp3) is 0.667. The van der Waals surface area contributed by atoms with Crippen LogP contribution in [0.25, 0.3) is 0 Å². The summed E-state index contributed by atoms with van der Waals surface area (Å²) in [6.07, 6.45) is 1.77. The van der Waals surface area contributed by atoms with Crippen molar-refractivity contribution >= 4 is 32.8 Å². The van der Waals surface area contributed by atoms with Crippen LogP contribution in [0.5, 0.6) is 0 Å². The molecule has 0 bridgehead atoms. The lowest BCUT2D eigenvalue weighted by Crippen LogP contribution is -2.27. The monoisotopic (exact) mass is 307 g/mol. The van der Waals surface area contributed by atoms with Gasteiger partial charge in [0.2, 0.25) is 0 Å². The molecule has 0 aliphatic carbocycles. The Bertz CT molecular complexity index is 498. The Morgan fingerprint density at radius 3 is 2.83 bits per heavy atom. The van der Waals surface area contributed by atoms with Crippen molar-refractivity contribution in [3.63, 3.8) is 0 Å². The molecule has 2 unspecified atom stereocenters. The molecule has 6 heteroatoms. The highest BCUT2D eigenvalue weighted by molar-refractivity contribution is 7.91. The average molecular weight is 308 g/mol. The van der Waals surface area contributed by atoms with Crippen LogP contribution in [0.15, 0.2) is 12.1 Å². The Hall–Kier alpha value is -0.100. The first kappa shape index (κ1) is 14.3. The molecule has 0 spiro atoms. The van der Waals surface area contributed by atoms with Gasteiger partial charge in [-0.05, 0) is 37.4 Å². The minimum Gasteiger partial charge on any atom is -0.309 e. The van der Waals surface area contributed by atoms with Crippen LogP contribution in [0.1, 0.15) is 30.7 Å². The van der Waals surface area contributed by atoms with E-state index in [2.05, 4.69) is 12.2 Å². The summed E-state index contributed by atoms with van der Waals surface area (Å²) in [6.45, 7) is 2.89. The van der Waals surface area contributed by atoms with E-state index in [4.69, 9.17) is 11.6 Å². The molecule has 1 aliphatic heterocycles. The number of thiophene rings is 1. The van der Waals surface area contributed by atoms with Crippen molar-refractivity contribution in [2.75, 3.05) is 18.1 Å². The molecule has 1 aromatic rings. The lowest BCUT2D eigenvalue weighted by Gasteiger charge is -2.17. The molecule has 0 saturated carbocycles. The average Bonchev–Trinajstić information content (AvgIpc) is 2.86. The molecule has 2 rings (SSSR count). The van der Waals surface area contributed by atoms with Crippen LogP contribution >= 0.6 is 22.9 Å². The number of nitrogens with one attached hydrogen (secondary N) is 1. The zero-order chi connectivity index (χ0) is 13.2. The Labute approximate surface area is 117 Å². The molecule has 1 fully saturated rings. The highest BCUT2D eigenvalue weighted by Crippen LogP contribution is 2.29. The van der Waals surface area contributed by atoms with E-state index in [1.807, 2.05) is 12.1 Å². The van der Waals surface area contributed by atoms with Crippen LogP contribution in [-0.2, 0) is 9.84 Å². The summed E-state index contributed by atoms with van der Waals surface area (Å²) in [5.41, 5.74) is 0. The molecular weight excluding hydrogens is 290 g/mol. The largest absolute Gasteiger partial charge is 0.309 e. The normalized spacial score (nSPS) is 24.2. The molecule has 0 amide bonds. The maximum absolute atomic E-state index is 11.4. The summed E-state index contributed by atoms with van der Waals surface area (Å²) < 4.78 is 23.6. The molecule has 2 heterocycles. The second kappa shape index (κ2) is 5.90. The summed E-state index contributed by atoms with van der Waals surface area (Å²) in [4.78, 5) is 1.23. The van der Waals surface area contributed by atoms with Gasteiger partial charge in [0.25, 0.3) is 0 Å². The van der Waals surface area contributed by atoms with Gasteiger partial charge in [0.1, 0.15) is 0 Å². The van der Waals surface area contributed by atoms with E-state index < -0.39 is 9.84 Å². The Kier molecular flexibility index (Phi) is 4.69. The van der Waals surface area contributed by atoms with Gasteiger partial charge < -0.3 is 5.32 Å². The zero-order valence-corrected chi connectivity index (χ0v) is 12.7. The van der Waals surface area contributed by atoms with Gasteiger partial charge in [-0.2, -0.15) is 0 Å². The minimum absolute atomic E-state index is 0.263. The second-order valence-corrected chi connectivity index (χ2v) is 8.76. The molecule has 1 aromatic heterocycles. The maximum Gasteiger partial charge on any atom is 0.150 e. The first-order valence-electron chi connectivity index (χ1n) is 6.19. The molecule has 1 saturated heterocycles. The predicted octanol–water partition coefficient (Wildman–Crippen LogP) is 2.88. The smallest absolute Gasteiger partial charge is 0.150 e. The van der Waals surface area contributed by atoms with Crippen molar-refractivity contribution in [3.8, 4) is 0 Å². The fourth-order valence-electron chi connectivity index (χ4n) is 2.30. The van der Waals surface area contributed by atoms with Crippen molar-refractivity contribution in [3.05, 3.63) is 21.3 Å². The van der Waals surface area contributed by atoms with Gasteiger partial charge in [-0.15, -0.1) is 11.3 Å². The lowest BCUT2D eigenvalue weighted by molar-refractivity contribution is 0.454. The molecule has 1 N–H and O–H groups in total. The van der Waals surface area contributed by atoms with E-state index in [0.717, 1.165) is 23.7 Å². The van der Waals surface area contributed by atoms with Crippen LogP contribution in [-0.4, -0.2) is 26.5 Å². The highest BCUT2D eigenvalue weighted by Gasteiger charge is 2.28. The van der Waals surface area contributed by atoms with Gasteiger partial charge in [-0.3, -0.25) is 0 Å². The van der Waals surface area contributed by atoms with Gasteiger partial charge in [0, 0.05) is 10.9 Å². The SMILES string of the molecule is CCC(NCC1CCS(=O)(=O)C1)c1ccc(Cl)s1. The van der Waals surface area contributed by atoms with E-state index in [9.17, 15) is 8.42 Å². The summed E-state index contributed by atoms with van der Waals surface area (Å²) >= 11 is 7.52. The topological polar surface area (TPSA) is 46.2 Å². The van der Waals surface area contributed by atoms with E-state index in [-0.39, 0.29) is 12.0 Å². The van der Waals surface area contributed by atoms with Gasteiger partial charge in [0.05, 0.1) is 15.8 Å². The van der Waals surface area contributed by atoms with Crippen molar-refractivity contribution in [2.24, 2.45) is 5.92 Å². The maximum atomic E-state index is 11.4. The third kappa shape index (κ3) is 3.70. The number of rotatable bonds is 5. The lowest BCUT2D eigenvalue weighted by atomic mass is 10.1. The van der Waals surface area contributed by atoms with Gasteiger partial charge in [-0.25, -0.2) is 8.42 Å². The van der Waals surface area contributed by atoms with E-state index in [1.165, 1.54) is 4.88 Å². The summed E-state index contributed by atoms with van der Waals surface area (Å²) in [5.74, 6) is 0.947. The molecule has 1 aliphatic rings. The van der Waals surface area contributed by atoms with Crippen LogP contribution in [0.3, 0.4) is 0 Å². The van der Waals surface area contributed by atoms with Crippen molar-refractivity contribution in [1.29, 1.82) is 0 Å². The molecular formula is C12H18ClNO2S2. The van der Waals surface area contributed by atoms with E-state index in [0.29, 0.717) is 11.5 Å². The van der Waals surface area contributed by atoms with Crippen LogP contribution < -0.4 is 5.32 Å². The van der Waals surface area contributed by atoms with Crippen LogP contribution in [0, 0.1) is 5.92 Å². The van der Waals surface area contributed by atoms with E-state index >= 15 is 0 Å².